The van der Waals surface area contributed by atoms with Gasteiger partial charge < -0.3 is 9.47 Å². The van der Waals surface area contributed by atoms with Crippen LogP contribution in [0.1, 0.15) is 112 Å². The van der Waals surface area contributed by atoms with Crippen LogP contribution < -0.4 is 0 Å². The van der Waals surface area contributed by atoms with Gasteiger partial charge in [0.1, 0.15) is 23.4 Å². The van der Waals surface area contributed by atoms with E-state index in [-0.39, 0.29) is 0 Å². The summed E-state index contributed by atoms with van der Waals surface area (Å²) < 4.78 is 12.1. The van der Waals surface area contributed by atoms with E-state index in [0.717, 1.165) is 24.0 Å². The van der Waals surface area contributed by atoms with E-state index in [2.05, 4.69) is 27.7 Å². The van der Waals surface area contributed by atoms with Gasteiger partial charge in [-0.1, -0.05) is 63.1 Å². The average molecular weight is 639 g/mol. The predicted octanol–water partition coefficient (Wildman–Crippen LogP) is 8.50. The highest BCUT2D eigenvalue weighted by molar-refractivity contribution is 5.89. The monoisotopic (exact) mass is 638 g/mol. The van der Waals surface area contributed by atoms with Crippen LogP contribution in [-0.4, -0.2) is 41.5 Å². The van der Waals surface area contributed by atoms with Crippen molar-refractivity contribution in [3.8, 4) is 0 Å². The molecule has 2 aliphatic rings. The molecule has 0 aliphatic heterocycles. The molecule has 2 aliphatic carbocycles. The molecule has 46 heavy (non-hydrogen) atoms. The lowest BCUT2D eigenvalue weighted by atomic mass is 9.73. The van der Waals surface area contributed by atoms with E-state index in [1.165, 1.54) is 0 Å². The first-order valence-electron chi connectivity index (χ1n) is 16.5. The molecule has 0 heterocycles. The van der Waals surface area contributed by atoms with E-state index in [1.807, 2.05) is 26.0 Å². The van der Waals surface area contributed by atoms with Gasteiger partial charge in [-0.05, 0) is 114 Å². The summed E-state index contributed by atoms with van der Waals surface area (Å²) in [6, 6.07) is 14.1. The molecule has 2 saturated carbocycles. The van der Waals surface area contributed by atoms with Gasteiger partial charge >= 0.3 is 18.1 Å². The molecule has 6 atom stereocenters. The summed E-state index contributed by atoms with van der Waals surface area (Å²) in [7, 11) is 0. The second-order valence-electron chi connectivity index (χ2n) is 14.3. The van der Waals surface area contributed by atoms with Gasteiger partial charge in [-0.15, -0.1) is 0 Å². The van der Waals surface area contributed by atoms with Gasteiger partial charge in [0.15, 0.2) is 0 Å². The van der Waals surface area contributed by atoms with Crippen LogP contribution in [0.5, 0.6) is 0 Å². The fourth-order valence-electron chi connectivity index (χ4n) is 6.52. The van der Waals surface area contributed by atoms with Crippen LogP contribution in [0, 0.1) is 37.5 Å². The zero-order valence-electron chi connectivity index (χ0n) is 28.5. The van der Waals surface area contributed by atoms with E-state index in [1.54, 1.807) is 50.2 Å². The van der Waals surface area contributed by atoms with E-state index in [4.69, 9.17) is 29.0 Å². The molecule has 2 aromatic carbocycles. The molecule has 2 aromatic rings. The molecule has 2 fully saturated rings. The normalized spacial score (nSPS) is 28.0. The number of ether oxygens (including phenoxy) is 2. The molecule has 0 N–H and O–H groups in total. The van der Waals surface area contributed by atoms with Crippen molar-refractivity contribution in [2.45, 2.75) is 117 Å². The van der Waals surface area contributed by atoms with E-state index >= 15 is 0 Å². The van der Waals surface area contributed by atoms with Crippen molar-refractivity contribution in [1.29, 1.82) is 0 Å². The number of benzene rings is 2. The van der Waals surface area contributed by atoms with Crippen molar-refractivity contribution in [2.75, 3.05) is 0 Å². The van der Waals surface area contributed by atoms with Crippen molar-refractivity contribution >= 4 is 18.1 Å². The SMILES string of the molecule is Cc1cccc(C(=O)OOC2CC(C(C)C)CCC2(C)OC(=O)OC2(C)CCC(C(C)C)CC2OOC(=O)c2cccc(C)c2)c1. The van der Waals surface area contributed by atoms with Crippen LogP contribution in [0.15, 0.2) is 48.5 Å². The van der Waals surface area contributed by atoms with Crippen molar-refractivity contribution < 1.29 is 43.4 Å². The zero-order valence-corrected chi connectivity index (χ0v) is 28.5. The Morgan fingerprint density at radius 3 is 1.41 bits per heavy atom. The summed E-state index contributed by atoms with van der Waals surface area (Å²) in [5.74, 6) is 0.0843. The molecule has 9 nitrogen and oxygen atoms in total. The molecule has 252 valence electrons. The van der Waals surface area contributed by atoms with E-state index < -0.39 is 41.5 Å². The van der Waals surface area contributed by atoms with Gasteiger partial charge in [-0.2, -0.15) is 9.78 Å². The Morgan fingerprint density at radius 1 is 0.674 bits per heavy atom. The summed E-state index contributed by atoms with van der Waals surface area (Å²) in [5.41, 5.74) is 0.357. The van der Waals surface area contributed by atoms with Crippen LogP contribution in [0.25, 0.3) is 0 Å². The highest BCUT2D eigenvalue weighted by atomic mass is 17.2. The Labute approximate surface area is 273 Å². The third kappa shape index (κ3) is 8.88. The second kappa shape index (κ2) is 15.0. The number of hydrogen-bond donors (Lipinski definition) is 0. The van der Waals surface area contributed by atoms with Crippen LogP contribution in [-0.2, 0) is 29.0 Å². The van der Waals surface area contributed by atoms with Crippen molar-refractivity contribution in [3.63, 3.8) is 0 Å². The molecular formula is C37H50O9. The molecule has 0 radical (unpaired) electrons. The standard InChI is InChI=1S/C37H50O9/c1-23(2)27-15-17-36(7,31(21-27)43-45-33(38)29-13-9-11-25(5)19-29)41-35(40)42-37(8)18-16-28(24(3)4)22-32(37)44-46-34(39)30-14-10-12-26(6)20-30/h9-14,19-20,23-24,27-28,31-32H,15-18,21-22H2,1-8H3. The number of aryl methyl sites for hydroxylation is 2. The topological polar surface area (TPSA) is 107 Å². The highest BCUT2D eigenvalue weighted by Crippen LogP contribution is 2.43. The Balaban J connectivity index is 1.46. The van der Waals surface area contributed by atoms with Gasteiger partial charge in [-0.3, -0.25) is 9.78 Å². The third-order valence-corrected chi connectivity index (χ3v) is 9.92. The largest absolute Gasteiger partial charge is 0.509 e. The van der Waals surface area contributed by atoms with Crippen LogP contribution in [0.3, 0.4) is 0 Å². The minimum absolute atomic E-state index is 0.292. The molecule has 6 unspecified atom stereocenters. The Bertz CT molecular complexity index is 1270. The maximum atomic E-state index is 13.5. The van der Waals surface area contributed by atoms with Gasteiger partial charge in [0.25, 0.3) is 0 Å². The van der Waals surface area contributed by atoms with E-state index in [9.17, 15) is 14.4 Å². The highest BCUT2D eigenvalue weighted by Gasteiger charge is 2.50. The van der Waals surface area contributed by atoms with Crippen LogP contribution >= 0.6 is 0 Å². The minimum Gasteiger partial charge on any atom is -0.425 e. The predicted molar refractivity (Wildman–Crippen MR) is 172 cm³/mol. The fourth-order valence-corrected chi connectivity index (χ4v) is 6.52. The van der Waals surface area contributed by atoms with Gasteiger partial charge in [0, 0.05) is 0 Å². The summed E-state index contributed by atoms with van der Waals surface area (Å²) in [6.07, 6.45) is 1.39. The Kier molecular flexibility index (Phi) is 11.5. The fraction of sp³-hybridized carbons (Fsp3) is 0.595. The van der Waals surface area contributed by atoms with Crippen molar-refractivity contribution in [2.24, 2.45) is 23.7 Å². The minimum atomic E-state index is -1.12. The van der Waals surface area contributed by atoms with Crippen LogP contribution in [0.4, 0.5) is 4.79 Å². The van der Waals surface area contributed by atoms with Crippen molar-refractivity contribution in [3.05, 3.63) is 70.8 Å². The van der Waals surface area contributed by atoms with E-state index in [0.29, 0.717) is 60.5 Å². The quantitative estimate of drug-likeness (QED) is 0.144. The summed E-state index contributed by atoms with van der Waals surface area (Å²) >= 11 is 0. The molecule has 0 saturated heterocycles. The lowest BCUT2D eigenvalue weighted by Gasteiger charge is -2.45. The maximum absolute atomic E-state index is 13.5. The lowest BCUT2D eigenvalue weighted by Crippen LogP contribution is -2.53. The Hall–Kier alpha value is -3.43. The summed E-state index contributed by atoms with van der Waals surface area (Å²) in [6.45, 7) is 15.9. The maximum Gasteiger partial charge on any atom is 0.509 e. The first kappa shape index (κ1) is 35.4. The van der Waals surface area contributed by atoms with Crippen molar-refractivity contribution in [1.82, 2.24) is 0 Å². The van der Waals surface area contributed by atoms with Gasteiger partial charge in [-0.25, -0.2) is 14.4 Å². The third-order valence-electron chi connectivity index (χ3n) is 9.92. The first-order valence-corrected chi connectivity index (χ1v) is 16.5. The summed E-state index contributed by atoms with van der Waals surface area (Å²) in [5, 5.41) is 0. The van der Waals surface area contributed by atoms with Gasteiger partial charge in [0.2, 0.25) is 0 Å². The lowest BCUT2D eigenvalue weighted by molar-refractivity contribution is -0.327. The molecular weight excluding hydrogens is 588 g/mol. The number of rotatable bonds is 10. The first-order chi connectivity index (χ1) is 21.7. The molecule has 0 aromatic heterocycles. The number of carbonyl (C=O) groups is 3. The second-order valence-corrected chi connectivity index (χ2v) is 14.3. The molecule has 0 spiro atoms. The Morgan fingerprint density at radius 2 is 1.07 bits per heavy atom. The number of carbonyl (C=O) groups excluding carboxylic acids is 3. The molecule has 0 amide bonds. The molecule has 0 bridgehead atoms. The average Bonchev–Trinajstić information content (AvgIpc) is 2.99. The zero-order chi connectivity index (χ0) is 33.6. The smallest absolute Gasteiger partial charge is 0.425 e. The van der Waals surface area contributed by atoms with Gasteiger partial charge in [0.05, 0.1) is 11.1 Å². The molecule has 9 heteroatoms. The molecule has 4 rings (SSSR count). The summed E-state index contributed by atoms with van der Waals surface area (Å²) in [4.78, 5) is 61.3. The van der Waals surface area contributed by atoms with Crippen LogP contribution in [0.2, 0.25) is 0 Å². The number of hydrogen-bond acceptors (Lipinski definition) is 9.